The lowest BCUT2D eigenvalue weighted by Crippen LogP contribution is -2.12. The Balaban J connectivity index is 1.80. The molecule has 0 spiro atoms. The summed E-state index contributed by atoms with van der Waals surface area (Å²) in [5.41, 5.74) is 3.99. The van der Waals surface area contributed by atoms with Crippen LogP contribution < -0.4 is 10.6 Å². The molecule has 0 radical (unpaired) electrons. The number of hydrogen-bond donors (Lipinski definition) is 3. The van der Waals surface area contributed by atoms with E-state index in [0.29, 0.717) is 17.3 Å². The van der Waals surface area contributed by atoms with E-state index in [2.05, 4.69) is 47.7 Å². The summed E-state index contributed by atoms with van der Waals surface area (Å²) in [7, 11) is 0. The average Bonchev–Trinajstić information content (AvgIpc) is 3.35. The molecule has 1 atom stereocenters. The smallest absolute Gasteiger partial charge is 0.183 e. The van der Waals surface area contributed by atoms with E-state index in [9.17, 15) is 4.39 Å². The van der Waals surface area contributed by atoms with Crippen LogP contribution in [0.5, 0.6) is 0 Å². The van der Waals surface area contributed by atoms with Gasteiger partial charge in [-0.2, -0.15) is 5.10 Å². The first-order valence-corrected chi connectivity index (χ1v) is 11.2. The number of aromatic nitrogens is 3. The second-order valence-electron chi connectivity index (χ2n) is 7.38. The zero-order valence-corrected chi connectivity index (χ0v) is 18.2. The highest BCUT2D eigenvalue weighted by Crippen LogP contribution is 2.39. The van der Waals surface area contributed by atoms with Crippen molar-refractivity contribution >= 4 is 32.5 Å². The summed E-state index contributed by atoms with van der Waals surface area (Å²) in [5, 5.41) is 15.2. The molecule has 2 heterocycles. The highest BCUT2D eigenvalue weighted by atomic mass is 32.1. The van der Waals surface area contributed by atoms with Crippen LogP contribution >= 0.6 is 11.3 Å². The van der Waals surface area contributed by atoms with Gasteiger partial charge in [-0.3, -0.25) is 5.10 Å². The summed E-state index contributed by atoms with van der Waals surface area (Å²) in [5.74, 6) is 0.459. The van der Waals surface area contributed by atoms with Crippen molar-refractivity contribution in [2.75, 3.05) is 17.2 Å². The molecule has 4 aromatic rings. The second-order valence-corrected chi connectivity index (χ2v) is 8.41. The topological polar surface area (TPSA) is 65.6 Å². The number of halogens is 1. The third-order valence-electron chi connectivity index (χ3n) is 5.11. The lowest BCUT2D eigenvalue weighted by Gasteiger charge is -2.09. The number of benzene rings is 2. The molecule has 0 unspecified atom stereocenters. The molecule has 0 bridgehead atoms. The molecule has 3 N–H and O–H groups in total. The van der Waals surface area contributed by atoms with Crippen molar-refractivity contribution in [1.82, 2.24) is 15.2 Å². The molecule has 4 rings (SSSR count). The number of anilines is 2. The average molecular weight is 424 g/mol. The first-order valence-electron chi connectivity index (χ1n) is 10.3. The van der Waals surface area contributed by atoms with Gasteiger partial charge in [0.15, 0.2) is 10.9 Å². The van der Waals surface area contributed by atoms with E-state index in [1.807, 2.05) is 18.2 Å². The van der Waals surface area contributed by atoms with Crippen molar-refractivity contribution in [3.05, 3.63) is 48.3 Å². The molecule has 0 aliphatic carbocycles. The lowest BCUT2D eigenvalue weighted by molar-refractivity contribution is 0.630. The minimum absolute atomic E-state index is 0.275. The molecule has 5 nitrogen and oxygen atoms in total. The van der Waals surface area contributed by atoms with Crippen molar-refractivity contribution in [3.63, 3.8) is 0 Å². The first kappa shape index (κ1) is 20.3. The Kier molecular flexibility index (Phi) is 5.99. The first-order chi connectivity index (χ1) is 14.6. The Bertz CT molecular complexity index is 1150. The summed E-state index contributed by atoms with van der Waals surface area (Å²) in [6, 6.07) is 13.3. The number of thiazole rings is 1. The van der Waals surface area contributed by atoms with Crippen molar-refractivity contribution in [1.29, 1.82) is 0 Å². The maximum Gasteiger partial charge on any atom is 0.183 e. The van der Waals surface area contributed by atoms with Crippen molar-refractivity contribution < 1.29 is 4.39 Å². The zero-order valence-electron chi connectivity index (χ0n) is 17.4. The molecular formula is C23H26FN5S. The van der Waals surface area contributed by atoms with Gasteiger partial charge in [0.2, 0.25) is 0 Å². The second kappa shape index (κ2) is 8.83. The van der Waals surface area contributed by atoms with Crippen molar-refractivity contribution in [2.45, 2.75) is 39.7 Å². The molecule has 2 aromatic carbocycles. The van der Waals surface area contributed by atoms with Crippen LogP contribution in [0.4, 0.5) is 15.3 Å². The predicted molar refractivity (Wildman–Crippen MR) is 125 cm³/mol. The van der Waals surface area contributed by atoms with Gasteiger partial charge in [0.25, 0.3) is 0 Å². The van der Waals surface area contributed by atoms with Gasteiger partial charge >= 0.3 is 0 Å². The van der Waals surface area contributed by atoms with Gasteiger partial charge in [0, 0.05) is 18.2 Å². The van der Waals surface area contributed by atoms with E-state index in [0.717, 1.165) is 51.7 Å². The monoisotopic (exact) mass is 423 g/mol. The summed E-state index contributed by atoms with van der Waals surface area (Å²) in [4.78, 5) is 4.70. The van der Waals surface area contributed by atoms with Crippen LogP contribution in [0.1, 0.15) is 33.6 Å². The van der Waals surface area contributed by atoms with Crippen LogP contribution in [0, 0.1) is 5.82 Å². The number of rotatable bonds is 8. The van der Waals surface area contributed by atoms with Crippen molar-refractivity contribution in [3.8, 4) is 22.4 Å². The van der Waals surface area contributed by atoms with Gasteiger partial charge in [-0.25, -0.2) is 9.37 Å². The summed E-state index contributed by atoms with van der Waals surface area (Å²) < 4.78 is 15.6. The van der Waals surface area contributed by atoms with Crippen LogP contribution in [-0.2, 0) is 0 Å². The van der Waals surface area contributed by atoms with E-state index in [4.69, 9.17) is 4.98 Å². The molecule has 0 saturated carbocycles. The number of fused-ring (bicyclic) bond motifs is 1. The Hall–Kier alpha value is -2.93. The minimum atomic E-state index is -0.275. The molecule has 7 heteroatoms. The summed E-state index contributed by atoms with van der Waals surface area (Å²) >= 11 is 1.63. The fraction of sp³-hybridized carbons (Fsp3) is 0.304. The lowest BCUT2D eigenvalue weighted by atomic mass is 10.00. The highest BCUT2D eigenvalue weighted by molar-refractivity contribution is 7.22. The van der Waals surface area contributed by atoms with Crippen LogP contribution in [0.3, 0.4) is 0 Å². The normalized spacial score (nSPS) is 12.3. The predicted octanol–water partition coefficient (Wildman–Crippen LogP) is 6.52. The fourth-order valence-corrected chi connectivity index (χ4v) is 4.32. The van der Waals surface area contributed by atoms with Gasteiger partial charge in [0.05, 0.1) is 21.5 Å². The number of nitrogens with one attached hydrogen (secondary N) is 3. The number of hydrogen-bond acceptors (Lipinski definition) is 5. The van der Waals surface area contributed by atoms with Gasteiger partial charge < -0.3 is 10.6 Å². The Morgan fingerprint density at radius 2 is 2.00 bits per heavy atom. The largest absolute Gasteiger partial charge is 0.368 e. The van der Waals surface area contributed by atoms with E-state index in [-0.39, 0.29) is 5.82 Å². The highest BCUT2D eigenvalue weighted by Gasteiger charge is 2.19. The van der Waals surface area contributed by atoms with Gasteiger partial charge in [0.1, 0.15) is 5.82 Å². The molecule has 156 valence electrons. The molecule has 0 aliphatic rings. The SMILES string of the molecule is CCCNc1n[nH]c(-c2ccccc2F)c1-c1ccc2nc(N[C@@H](C)CC)sc2c1. The van der Waals surface area contributed by atoms with E-state index in [1.165, 1.54) is 6.07 Å². The van der Waals surface area contributed by atoms with Crippen LogP contribution in [0.15, 0.2) is 42.5 Å². The standard InChI is InChI=1S/C23H26FN5S/c1-4-12-25-22-20(21(28-29-22)16-8-6-7-9-17(16)24)15-10-11-18-19(13-15)30-23(27-18)26-14(3)5-2/h6-11,13-14H,4-5,12H2,1-3H3,(H,26,27)(H2,25,28,29)/t14-/m0/s1. The third-order valence-corrected chi connectivity index (χ3v) is 6.06. The molecule has 2 aromatic heterocycles. The maximum absolute atomic E-state index is 14.6. The Morgan fingerprint density at radius 3 is 2.77 bits per heavy atom. The molecule has 0 aliphatic heterocycles. The number of aromatic amines is 1. The van der Waals surface area contributed by atoms with Crippen LogP contribution in [0.2, 0.25) is 0 Å². The third kappa shape index (κ3) is 4.03. The quantitative estimate of drug-likeness (QED) is 0.302. The molecular weight excluding hydrogens is 397 g/mol. The van der Waals surface area contributed by atoms with E-state index in [1.54, 1.807) is 23.5 Å². The molecule has 30 heavy (non-hydrogen) atoms. The number of H-pyrrole nitrogens is 1. The molecule has 0 fully saturated rings. The van der Waals surface area contributed by atoms with E-state index >= 15 is 0 Å². The fourth-order valence-electron chi connectivity index (χ4n) is 3.31. The molecule has 0 amide bonds. The van der Waals surface area contributed by atoms with Gasteiger partial charge in [-0.15, -0.1) is 0 Å². The summed E-state index contributed by atoms with van der Waals surface area (Å²) in [6.07, 6.45) is 2.01. The van der Waals surface area contributed by atoms with Crippen molar-refractivity contribution in [2.24, 2.45) is 0 Å². The van der Waals surface area contributed by atoms with Gasteiger partial charge in [-0.1, -0.05) is 43.4 Å². The van der Waals surface area contributed by atoms with Crippen LogP contribution in [0.25, 0.3) is 32.6 Å². The summed E-state index contributed by atoms with van der Waals surface area (Å²) in [6.45, 7) is 7.19. The van der Waals surface area contributed by atoms with E-state index < -0.39 is 0 Å². The Morgan fingerprint density at radius 1 is 1.17 bits per heavy atom. The Labute approximate surface area is 179 Å². The minimum Gasteiger partial charge on any atom is -0.368 e. The van der Waals surface area contributed by atoms with Crippen LogP contribution in [-0.4, -0.2) is 27.8 Å². The maximum atomic E-state index is 14.6. The van der Waals surface area contributed by atoms with Gasteiger partial charge in [-0.05, 0) is 49.6 Å². The zero-order chi connectivity index (χ0) is 21.1. The number of nitrogens with zero attached hydrogens (tertiary/aromatic N) is 2. The molecule has 0 saturated heterocycles.